The van der Waals surface area contributed by atoms with E-state index in [0.717, 1.165) is 28.1 Å². The molecule has 1 atom stereocenters. The highest BCUT2D eigenvalue weighted by atomic mass is 16.6. The van der Waals surface area contributed by atoms with E-state index in [-0.39, 0.29) is 6.10 Å². The van der Waals surface area contributed by atoms with E-state index in [1.165, 1.54) is 0 Å². The number of nitrogens with one attached hydrogen (secondary N) is 1. The van der Waals surface area contributed by atoms with Crippen molar-refractivity contribution >= 4 is 11.2 Å². The van der Waals surface area contributed by atoms with Crippen LogP contribution < -0.4 is 9.47 Å². The van der Waals surface area contributed by atoms with E-state index < -0.39 is 0 Å². The van der Waals surface area contributed by atoms with Gasteiger partial charge in [-0.05, 0) is 35.9 Å². The number of aromatic nitrogens is 4. The van der Waals surface area contributed by atoms with E-state index >= 15 is 0 Å². The van der Waals surface area contributed by atoms with Crippen LogP contribution in [-0.2, 0) is 0 Å². The Labute approximate surface area is 143 Å². The Balaban J connectivity index is 1.49. The van der Waals surface area contributed by atoms with Crippen molar-refractivity contribution in [2.75, 3.05) is 6.61 Å². The first-order valence-electron chi connectivity index (χ1n) is 8.01. The molecular weight excluding hydrogens is 316 g/mol. The Bertz CT molecular complexity index is 1050. The van der Waals surface area contributed by atoms with Crippen LogP contribution in [0.5, 0.6) is 11.5 Å². The molecule has 0 fully saturated rings. The minimum absolute atomic E-state index is 0.284. The molecule has 1 aliphatic rings. The van der Waals surface area contributed by atoms with Crippen LogP contribution in [0, 0.1) is 0 Å². The fraction of sp³-hybridized carbons (Fsp3) is 0.105. The fourth-order valence-electron chi connectivity index (χ4n) is 2.93. The lowest BCUT2D eigenvalue weighted by Gasteiger charge is -2.24. The summed E-state index contributed by atoms with van der Waals surface area (Å²) in [5.41, 5.74) is 3.60. The minimum atomic E-state index is -0.284. The highest BCUT2D eigenvalue weighted by Crippen LogP contribution is 2.35. The number of para-hydroxylation sites is 2. The molecule has 0 bridgehead atoms. The second-order valence-electron chi connectivity index (χ2n) is 5.82. The van der Waals surface area contributed by atoms with Gasteiger partial charge in [0.05, 0.1) is 5.52 Å². The number of pyridine rings is 2. The van der Waals surface area contributed by atoms with Crippen molar-refractivity contribution in [3.63, 3.8) is 0 Å². The van der Waals surface area contributed by atoms with Crippen molar-refractivity contribution in [1.29, 1.82) is 0 Å². The predicted octanol–water partition coefficient (Wildman–Crippen LogP) is 3.53. The molecule has 25 heavy (non-hydrogen) atoms. The molecule has 0 spiro atoms. The van der Waals surface area contributed by atoms with Gasteiger partial charge in [-0.25, -0.2) is 9.97 Å². The maximum absolute atomic E-state index is 6.01. The van der Waals surface area contributed by atoms with Crippen LogP contribution in [0.15, 0.2) is 61.1 Å². The lowest BCUT2D eigenvalue weighted by molar-refractivity contribution is 0.0859. The van der Waals surface area contributed by atoms with E-state index in [0.29, 0.717) is 18.1 Å². The summed E-state index contributed by atoms with van der Waals surface area (Å²) in [6, 6.07) is 13.6. The van der Waals surface area contributed by atoms with Crippen molar-refractivity contribution in [3.05, 3.63) is 66.9 Å². The second kappa shape index (κ2) is 5.59. The van der Waals surface area contributed by atoms with Gasteiger partial charge in [0.15, 0.2) is 29.1 Å². The van der Waals surface area contributed by atoms with Gasteiger partial charge < -0.3 is 14.5 Å². The van der Waals surface area contributed by atoms with Crippen LogP contribution in [0.3, 0.4) is 0 Å². The molecule has 1 N–H and O–H groups in total. The molecule has 4 heterocycles. The third kappa shape index (κ3) is 2.48. The highest BCUT2D eigenvalue weighted by molar-refractivity contribution is 5.78. The van der Waals surface area contributed by atoms with Crippen molar-refractivity contribution in [2.45, 2.75) is 6.10 Å². The van der Waals surface area contributed by atoms with Gasteiger partial charge in [-0.2, -0.15) is 0 Å². The highest BCUT2D eigenvalue weighted by Gasteiger charge is 2.25. The van der Waals surface area contributed by atoms with E-state index in [9.17, 15) is 0 Å². The summed E-state index contributed by atoms with van der Waals surface area (Å²) in [6.45, 7) is 0.411. The zero-order valence-electron chi connectivity index (χ0n) is 13.2. The Morgan fingerprint density at radius 3 is 2.72 bits per heavy atom. The average molecular weight is 330 g/mol. The van der Waals surface area contributed by atoms with Gasteiger partial charge in [0.1, 0.15) is 6.61 Å². The van der Waals surface area contributed by atoms with E-state index in [1.807, 2.05) is 48.7 Å². The summed E-state index contributed by atoms with van der Waals surface area (Å²) < 4.78 is 11.8. The summed E-state index contributed by atoms with van der Waals surface area (Å²) >= 11 is 0. The zero-order valence-corrected chi connectivity index (χ0v) is 13.2. The number of hydrogen-bond acceptors (Lipinski definition) is 5. The lowest BCUT2D eigenvalue weighted by atomic mass is 10.1. The van der Waals surface area contributed by atoms with Crippen molar-refractivity contribution in [1.82, 2.24) is 19.9 Å². The van der Waals surface area contributed by atoms with Crippen LogP contribution in [0.2, 0.25) is 0 Å². The summed E-state index contributed by atoms with van der Waals surface area (Å²) in [7, 11) is 0. The van der Waals surface area contributed by atoms with E-state index in [4.69, 9.17) is 9.47 Å². The van der Waals surface area contributed by atoms with Crippen LogP contribution in [0.4, 0.5) is 0 Å². The molecule has 0 amide bonds. The molecule has 122 valence electrons. The summed E-state index contributed by atoms with van der Waals surface area (Å²) in [4.78, 5) is 16.4. The second-order valence-corrected chi connectivity index (χ2v) is 5.82. The number of rotatable bonds is 2. The molecule has 0 saturated heterocycles. The van der Waals surface area contributed by atoms with Gasteiger partial charge in [0.25, 0.3) is 0 Å². The third-order valence-corrected chi connectivity index (χ3v) is 4.18. The van der Waals surface area contributed by atoms with Crippen molar-refractivity contribution in [2.24, 2.45) is 0 Å². The normalized spacial score (nSPS) is 16.1. The number of nitrogens with zero attached hydrogens (tertiary/aromatic N) is 3. The summed E-state index contributed by atoms with van der Waals surface area (Å²) in [5.74, 6) is 2.20. The zero-order chi connectivity index (χ0) is 16.6. The standard InChI is InChI=1S/C19H14N4O2/c1-2-4-16-15(3-1)24-11-17(25-16)19-22-14-9-13(10-21-18(14)23-19)12-5-7-20-8-6-12/h1-10,17H,11H2,(H,21,22,23)/t17-/m0/s1. The molecular formula is C19H14N4O2. The van der Waals surface area contributed by atoms with Gasteiger partial charge in [-0.3, -0.25) is 4.98 Å². The molecule has 1 aromatic carbocycles. The molecule has 3 aromatic heterocycles. The summed E-state index contributed by atoms with van der Waals surface area (Å²) in [6.07, 6.45) is 5.06. The minimum Gasteiger partial charge on any atom is -0.485 e. The van der Waals surface area contributed by atoms with E-state index in [2.05, 4.69) is 19.9 Å². The molecule has 4 aromatic rings. The van der Waals surface area contributed by atoms with Crippen LogP contribution in [0.25, 0.3) is 22.3 Å². The van der Waals surface area contributed by atoms with Gasteiger partial charge >= 0.3 is 0 Å². The number of benzene rings is 1. The number of aromatic amines is 1. The third-order valence-electron chi connectivity index (χ3n) is 4.18. The largest absolute Gasteiger partial charge is 0.485 e. The first-order chi connectivity index (χ1) is 12.4. The Hall–Kier alpha value is -3.41. The molecule has 0 saturated carbocycles. The smallest absolute Gasteiger partial charge is 0.190 e. The molecule has 1 aliphatic heterocycles. The molecule has 5 rings (SSSR count). The van der Waals surface area contributed by atoms with Crippen LogP contribution in [-0.4, -0.2) is 26.5 Å². The Morgan fingerprint density at radius 1 is 1.00 bits per heavy atom. The fourth-order valence-corrected chi connectivity index (χ4v) is 2.93. The van der Waals surface area contributed by atoms with E-state index in [1.54, 1.807) is 12.4 Å². The van der Waals surface area contributed by atoms with Crippen molar-refractivity contribution < 1.29 is 9.47 Å². The first-order valence-corrected chi connectivity index (χ1v) is 8.01. The number of ether oxygens (including phenoxy) is 2. The predicted molar refractivity (Wildman–Crippen MR) is 92.4 cm³/mol. The molecule has 6 nitrogen and oxygen atoms in total. The number of hydrogen-bond donors (Lipinski definition) is 1. The quantitative estimate of drug-likeness (QED) is 0.609. The average Bonchev–Trinajstić information content (AvgIpc) is 3.11. The van der Waals surface area contributed by atoms with Crippen molar-refractivity contribution in [3.8, 4) is 22.6 Å². The number of imidazole rings is 1. The summed E-state index contributed by atoms with van der Waals surface area (Å²) in [5, 5.41) is 0. The molecule has 0 unspecified atom stereocenters. The molecule has 0 aliphatic carbocycles. The maximum Gasteiger partial charge on any atom is 0.190 e. The SMILES string of the molecule is c1ccc2c(c1)OC[C@@H](c1nc3ncc(-c4ccncc4)cc3[nH]1)O2. The van der Waals surface area contributed by atoms with Gasteiger partial charge in [0, 0.05) is 24.2 Å². The number of H-pyrrole nitrogens is 1. The van der Waals surface area contributed by atoms with Crippen LogP contribution in [0.1, 0.15) is 11.9 Å². The topological polar surface area (TPSA) is 72.9 Å². The number of fused-ring (bicyclic) bond motifs is 2. The maximum atomic E-state index is 6.01. The van der Waals surface area contributed by atoms with Gasteiger partial charge in [0.2, 0.25) is 0 Å². The molecule has 0 radical (unpaired) electrons. The van der Waals surface area contributed by atoms with Gasteiger partial charge in [-0.1, -0.05) is 12.1 Å². The lowest BCUT2D eigenvalue weighted by Crippen LogP contribution is -2.22. The molecule has 6 heteroatoms. The Morgan fingerprint density at radius 2 is 1.84 bits per heavy atom. The van der Waals surface area contributed by atoms with Crippen LogP contribution >= 0.6 is 0 Å². The van der Waals surface area contributed by atoms with Gasteiger partial charge in [-0.15, -0.1) is 0 Å². The monoisotopic (exact) mass is 330 g/mol. The first kappa shape index (κ1) is 14.0. The Kier molecular flexibility index (Phi) is 3.13.